The number of ether oxygens (including phenoxy) is 2. The lowest BCUT2D eigenvalue weighted by molar-refractivity contribution is -0.0113. The van der Waals surface area contributed by atoms with E-state index in [2.05, 4.69) is 15.6 Å². The monoisotopic (exact) mass is 512 g/mol. The Morgan fingerprint density at radius 3 is 2.59 bits per heavy atom. The molecular formula is C27H36N4O6. The fourth-order valence-corrected chi connectivity index (χ4v) is 4.47. The Labute approximate surface area is 217 Å². The quantitative estimate of drug-likeness (QED) is 0.445. The van der Waals surface area contributed by atoms with Crippen LogP contribution in [-0.4, -0.2) is 69.5 Å². The fourth-order valence-electron chi connectivity index (χ4n) is 4.47. The number of aromatic nitrogens is 1. The molecular weight excluding hydrogens is 476 g/mol. The van der Waals surface area contributed by atoms with E-state index in [9.17, 15) is 19.8 Å². The second-order valence-corrected chi connectivity index (χ2v) is 10.7. The van der Waals surface area contributed by atoms with E-state index in [-0.39, 0.29) is 24.7 Å². The number of rotatable bonds is 7. The molecule has 0 radical (unpaired) electrons. The van der Waals surface area contributed by atoms with Crippen molar-refractivity contribution in [3.05, 3.63) is 47.0 Å². The molecule has 4 rings (SSSR count). The van der Waals surface area contributed by atoms with E-state index in [0.717, 1.165) is 24.0 Å². The van der Waals surface area contributed by atoms with E-state index in [1.165, 1.54) is 18.4 Å². The van der Waals surface area contributed by atoms with Gasteiger partial charge in [0, 0.05) is 30.8 Å². The molecule has 0 saturated heterocycles. The van der Waals surface area contributed by atoms with Gasteiger partial charge in [0.25, 0.3) is 5.91 Å². The highest BCUT2D eigenvalue weighted by atomic mass is 16.6. The lowest BCUT2D eigenvalue weighted by atomic mass is 9.91. The first-order valence-electron chi connectivity index (χ1n) is 12.6. The summed E-state index contributed by atoms with van der Waals surface area (Å²) in [5, 5.41) is 27.1. The number of phenolic OH excluding ortho intramolecular Hbond substituents is 1. The summed E-state index contributed by atoms with van der Waals surface area (Å²) in [6.07, 6.45) is 2.01. The molecule has 1 saturated carbocycles. The van der Waals surface area contributed by atoms with Crippen molar-refractivity contribution in [1.82, 2.24) is 15.2 Å². The molecule has 0 bridgehead atoms. The van der Waals surface area contributed by atoms with E-state index in [1.54, 1.807) is 51.1 Å². The molecule has 37 heavy (non-hydrogen) atoms. The number of methoxy groups -OCH3 is 1. The molecule has 0 spiro atoms. The van der Waals surface area contributed by atoms with Crippen molar-refractivity contribution in [3.8, 4) is 11.6 Å². The minimum Gasteiger partial charge on any atom is -0.508 e. The number of benzene rings is 1. The number of nitrogens with one attached hydrogen (secondary N) is 2. The third-order valence-electron chi connectivity index (χ3n) is 6.63. The molecule has 10 nitrogen and oxygen atoms in total. The fraction of sp³-hybridized carbons (Fsp3) is 0.519. The Morgan fingerprint density at radius 1 is 1.19 bits per heavy atom. The van der Waals surface area contributed by atoms with Crippen molar-refractivity contribution in [2.24, 2.45) is 0 Å². The van der Waals surface area contributed by atoms with Crippen LogP contribution in [0.25, 0.3) is 0 Å². The van der Waals surface area contributed by atoms with Crippen LogP contribution in [0.4, 0.5) is 10.6 Å². The van der Waals surface area contributed by atoms with Crippen LogP contribution in [0.3, 0.4) is 0 Å². The third-order valence-corrected chi connectivity index (χ3v) is 6.63. The maximum absolute atomic E-state index is 13.0. The number of carbonyl (C=O) groups excluding carboxylic acids is 2. The zero-order valence-electron chi connectivity index (χ0n) is 21.8. The molecule has 1 unspecified atom stereocenters. The number of amides is 2. The summed E-state index contributed by atoms with van der Waals surface area (Å²) in [7, 11) is 1.49. The average Bonchev–Trinajstić information content (AvgIpc) is 2.82. The number of carbonyl (C=O) groups is 2. The number of pyridine rings is 1. The number of fused-ring (bicyclic) bond motifs is 1. The van der Waals surface area contributed by atoms with E-state index in [0.29, 0.717) is 29.7 Å². The lowest BCUT2D eigenvalue weighted by Gasteiger charge is -2.40. The normalized spacial score (nSPS) is 18.3. The number of aliphatic hydroxyl groups excluding tert-OH is 1. The highest BCUT2D eigenvalue weighted by molar-refractivity contribution is 5.95. The van der Waals surface area contributed by atoms with Crippen molar-refractivity contribution >= 4 is 17.8 Å². The Bertz CT molecular complexity index is 1140. The SMILES string of the molecule is COc1cc(C(=O)NC[C@@H](O)C2Cc3ccc(O)cc3CN2C(=O)OC(C)(C)C)cc(NC2CCC2)n1. The van der Waals surface area contributed by atoms with Crippen LogP contribution in [0.2, 0.25) is 0 Å². The first-order valence-corrected chi connectivity index (χ1v) is 12.6. The minimum absolute atomic E-state index is 0.0771. The van der Waals surface area contributed by atoms with Gasteiger partial charge < -0.3 is 30.3 Å². The molecule has 200 valence electrons. The van der Waals surface area contributed by atoms with E-state index >= 15 is 0 Å². The molecule has 1 fully saturated rings. The second-order valence-electron chi connectivity index (χ2n) is 10.7. The molecule has 2 atom stereocenters. The first-order chi connectivity index (χ1) is 17.5. The van der Waals surface area contributed by atoms with Crippen molar-refractivity contribution in [1.29, 1.82) is 0 Å². The molecule has 4 N–H and O–H groups in total. The first kappa shape index (κ1) is 26.5. The highest BCUT2D eigenvalue weighted by Crippen LogP contribution is 2.29. The number of aliphatic hydroxyl groups is 1. The van der Waals surface area contributed by atoms with Crippen molar-refractivity contribution in [2.75, 3.05) is 19.0 Å². The largest absolute Gasteiger partial charge is 0.508 e. The molecule has 2 amide bonds. The van der Waals surface area contributed by atoms with Gasteiger partial charge in [-0.3, -0.25) is 9.69 Å². The number of phenols is 1. The van der Waals surface area contributed by atoms with Gasteiger partial charge in [-0.25, -0.2) is 4.79 Å². The summed E-state index contributed by atoms with van der Waals surface area (Å²) < 4.78 is 10.8. The summed E-state index contributed by atoms with van der Waals surface area (Å²) in [6, 6.07) is 7.91. The lowest BCUT2D eigenvalue weighted by Crippen LogP contribution is -2.54. The Hall–Kier alpha value is -3.53. The van der Waals surface area contributed by atoms with Gasteiger partial charge in [0.15, 0.2) is 0 Å². The van der Waals surface area contributed by atoms with Gasteiger partial charge in [-0.1, -0.05) is 6.07 Å². The van der Waals surface area contributed by atoms with Gasteiger partial charge >= 0.3 is 6.09 Å². The van der Waals surface area contributed by atoms with Crippen LogP contribution in [0.15, 0.2) is 30.3 Å². The minimum atomic E-state index is -1.06. The Kier molecular flexibility index (Phi) is 7.77. The highest BCUT2D eigenvalue weighted by Gasteiger charge is 2.37. The van der Waals surface area contributed by atoms with E-state index in [1.807, 2.05) is 0 Å². The van der Waals surface area contributed by atoms with E-state index < -0.39 is 23.8 Å². The van der Waals surface area contributed by atoms with E-state index in [4.69, 9.17) is 9.47 Å². The molecule has 10 heteroatoms. The van der Waals surface area contributed by atoms with Crippen LogP contribution in [0, 0.1) is 0 Å². The van der Waals surface area contributed by atoms with Crippen LogP contribution in [0.1, 0.15) is 61.5 Å². The molecule has 1 aromatic carbocycles. The number of hydrogen-bond acceptors (Lipinski definition) is 8. The Morgan fingerprint density at radius 2 is 1.95 bits per heavy atom. The van der Waals surface area contributed by atoms with Crippen LogP contribution in [-0.2, 0) is 17.7 Å². The van der Waals surface area contributed by atoms with Gasteiger partial charge in [-0.15, -0.1) is 0 Å². The predicted molar refractivity (Wildman–Crippen MR) is 138 cm³/mol. The number of hydrogen-bond donors (Lipinski definition) is 4. The summed E-state index contributed by atoms with van der Waals surface area (Å²) in [4.78, 5) is 31.8. The van der Waals surface area contributed by atoms with Crippen molar-refractivity contribution < 1.29 is 29.3 Å². The second kappa shape index (κ2) is 10.8. The summed E-state index contributed by atoms with van der Waals surface area (Å²) in [5.74, 6) is 0.603. The average molecular weight is 513 g/mol. The van der Waals surface area contributed by atoms with Crippen LogP contribution < -0.4 is 15.4 Å². The van der Waals surface area contributed by atoms with Gasteiger partial charge in [0.2, 0.25) is 5.88 Å². The number of anilines is 1. The molecule has 2 heterocycles. The number of aromatic hydroxyl groups is 1. The van der Waals surface area contributed by atoms with Crippen molar-refractivity contribution in [2.45, 2.75) is 76.8 Å². The van der Waals surface area contributed by atoms with Gasteiger partial charge in [-0.05, 0) is 75.8 Å². The molecule has 2 aliphatic rings. The summed E-state index contributed by atoms with van der Waals surface area (Å²) in [6.45, 7) is 5.42. The maximum Gasteiger partial charge on any atom is 0.410 e. The summed E-state index contributed by atoms with van der Waals surface area (Å²) >= 11 is 0. The third kappa shape index (κ3) is 6.62. The van der Waals surface area contributed by atoms with Gasteiger partial charge in [-0.2, -0.15) is 4.98 Å². The zero-order valence-corrected chi connectivity index (χ0v) is 21.8. The molecule has 2 aromatic rings. The zero-order chi connectivity index (χ0) is 26.7. The maximum atomic E-state index is 13.0. The smallest absolute Gasteiger partial charge is 0.410 e. The van der Waals surface area contributed by atoms with Crippen LogP contribution in [0.5, 0.6) is 11.6 Å². The molecule has 1 aliphatic heterocycles. The van der Waals surface area contributed by atoms with Crippen molar-refractivity contribution in [3.63, 3.8) is 0 Å². The van der Waals surface area contributed by atoms with Gasteiger partial charge in [0.1, 0.15) is 17.2 Å². The molecule has 1 aromatic heterocycles. The predicted octanol–water partition coefficient (Wildman–Crippen LogP) is 3.21. The van der Waals surface area contributed by atoms with Crippen LogP contribution >= 0.6 is 0 Å². The topological polar surface area (TPSA) is 133 Å². The Balaban J connectivity index is 1.47. The molecule has 1 aliphatic carbocycles. The number of nitrogens with zero attached hydrogens (tertiary/aromatic N) is 2. The van der Waals surface area contributed by atoms with Gasteiger partial charge in [0.05, 0.1) is 19.3 Å². The summed E-state index contributed by atoms with van der Waals surface area (Å²) in [5.41, 5.74) is 1.34. The standard InChI is InChI=1S/C27H36N4O6/c1-27(2,3)37-26(35)31-15-18-10-20(32)9-8-16(18)11-21(31)22(33)14-28-25(34)17-12-23(29-19-6-5-7-19)30-24(13-17)36-4/h8-10,12-13,19,21-22,32-33H,5-7,11,14-15H2,1-4H3,(H,28,34)(H,29,30)/t21?,22-/m1/s1.